The molecule has 1 aliphatic rings. The number of benzene rings is 1. The third-order valence-electron chi connectivity index (χ3n) is 3.82. The predicted octanol–water partition coefficient (Wildman–Crippen LogP) is 3.50. The summed E-state index contributed by atoms with van der Waals surface area (Å²) in [4.78, 5) is 0. The Balaban J connectivity index is 1.95. The summed E-state index contributed by atoms with van der Waals surface area (Å²) in [7, 11) is 2.03. The van der Waals surface area contributed by atoms with Gasteiger partial charge in [0.25, 0.3) is 0 Å². The summed E-state index contributed by atoms with van der Waals surface area (Å²) in [5.74, 6) is 1.00. The SMILES string of the molecule is CNC1CCC(Oc2ccc(C(C)(C)C)cc2)C1. The molecule has 1 aromatic rings. The monoisotopic (exact) mass is 247 g/mol. The maximum Gasteiger partial charge on any atom is 0.119 e. The molecule has 2 rings (SSSR count). The lowest BCUT2D eigenvalue weighted by molar-refractivity contribution is 0.206. The molecular formula is C16H25NO. The lowest BCUT2D eigenvalue weighted by atomic mass is 9.87. The Hall–Kier alpha value is -1.02. The van der Waals surface area contributed by atoms with Crippen LogP contribution in [0.4, 0.5) is 0 Å². The van der Waals surface area contributed by atoms with Crippen LogP contribution in [-0.4, -0.2) is 19.2 Å². The quantitative estimate of drug-likeness (QED) is 0.882. The average Bonchev–Trinajstić information content (AvgIpc) is 2.76. The fourth-order valence-corrected chi connectivity index (χ4v) is 2.54. The first kappa shape index (κ1) is 13.4. The van der Waals surface area contributed by atoms with E-state index in [9.17, 15) is 0 Å². The highest BCUT2D eigenvalue weighted by molar-refractivity contribution is 5.31. The Morgan fingerprint density at radius 1 is 1.11 bits per heavy atom. The molecule has 0 radical (unpaired) electrons. The topological polar surface area (TPSA) is 21.3 Å². The highest BCUT2D eigenvalue weighted by atomic mass is 16.5. The maximum atomic E-state index is 6.04. The largest absolute Gasteiger partial charge is 0.490 e. The Morgan fingerprint density at radius 3 is 2.28 bits per heavy atom. The molecule has 1 aromatic carbocycles. The van der Waals surface area contributed by atoms with Crippen LogP contribution in [0.2, 0.25) is 0 Å². The van der Waals surface area contributed by atoms with Gasteiger partial charge in [0.15, 0.2) is 0 Å². The second-order valence-corrected chi connectivity index (χ2v) is 6.31. The van der Waals surface area contributed by atoms with Gasteiger partial charge in [-0.2, -0.15) is 0 Å². The van der Waals surface area contributed by atoms with Crippen molar-refractivity contribution >= 4 is 0 Å². The van der Waals surface area contributed by atoms with Gasteiger partial charge in [0.05, 0.1) is 0 Å². The van der Waals surface area contributed by atoms with Gasteiger partial charge >= 0.3 is 0 Å². The molecule has 2 atom stereocenters. The molecule has 1 saturated carbocycles. The summed E-state index contributed by atoms with van der Waals surface area (Å²) in [6.07, 6.45) is 3.88. The first-order chi connectivity index (χ1) is 8.49. The Kier molecular flexibility index (Phi) is 3.96. The summed E-state index contributed by atoms with van der Waals surface area (Å²) in [5, 5.41) is 3.33. The van der Waals surface area contributed by atoms with Crippen LogP contribution in [-0.2, 0) is 5.41 Å². The van der Waals surface area contributed by atoms with Crippen LogP contribution < -0.4 is 10.1 Å². The van der Waals surface area contributed by atoms with Crippen LogP contribution in [0.1, 0.15) is 45.6 Å². The van der Waals surface area contributed by atoms with Crippen molar-refractivity contribution in [3.63, 3.8) is 0 Å². The van der Waals surface area contributed by atoms with Crippen LogP contribution in [0.3, 0.4) is 0 Å². The van der Waals surface area contributed by atoms with Crippen LogP contribution in [0.15, 0.2) is 24.3 Å². The molecule has 1 fully saturated rings. The predicted molar refractivity (Wildman–Crippen MR) is 76.3 cm³/mol. The van der Waals surface area contributed by atoms with Gasteiger partial charge in [-0.3, -0.25) is 0 Å². The van der Waals surface area contributed by atoms with Crippen molar-refractivity contribution in [1.29, 1.82) is 0 Å². The van der Waals surface area contributed by atoms with Gasteiger partial charge in [0.2, 0.25) is 0 Å². The van der Waals surface area contributed by atoms with Crippen molar-refractivity contribution in [1.82, 2.24) is 5.32 Å². The van der Waals surface area contributed by atoms with Gasteiger partial charge in [-0.05, 0) is 49.4 Å². The molecule has 0 aliphatic heterocycles. The highest BCUT2D eigenvalue weighted by Crippen LogP contribution is 2.27. The number of rotatable bonds is 3. The smallest absolute Gasteiger partial charge is 0.119 e. The molecule has 1 aliphatic carbocycles. The van der Waals surface area contributed by atoms with E-state index >= 15 is 0 Å². The summed E-state index contributed by atoms with van der Waals surface area (Å²) >= 11 is 0. The molecule has 0 aromatic heterocycles. The summed E-state index contributed by atoms with van der Waals surface area (Å²) in [6, 6.07) is 9.20. The van der Waals surface area contributed by atoms with Crippen molar-refractivity contribution in [3.8, 4) is 5.75 Å². The molecule has 0 amide bonds. The van der Waals surface area contributed by atoms with Crippen LogP contribution >= 0.6 is 0 Å². The summed E-state index contributed by atoms with van der Waals surface area (Å²) in [5.41, 5.74) is 1.57. The molecule has 0 bridgehead atoms. The maximum absolute atomic E-state index is 6.04. The lowest BCUT2D eigenvalue weighted by Crippen LogP contribution is -2.23. The molecular weight excluding hydrogens is 222 g/mol. The van der Waals surface area contributed by atoms with E-state index in [0.717, 1.165) is 18.6 Å². The Bertz CT molecular complexity index is 377. The van der Waals surface area contributed by atoms with E-state index in [1.54, 1.807) is 0 Å². The molecule has 18 heavy (non-hydrogen) atoms. The molecule has 2 heteroatoms. The number of hydrogen-bond acceptors (Lipinski definition) is 2. The Labute approximate surface area is 111 Å². The fourth-order valence-electron chi connectivity index (χ4n) is 2.54. The molecule has 100 valence electrons. The minimum atomic E-state index is 0.211. The van der Waals surface area contributed by atoms with Crippen molar-refractivity contribution in [2.24, 2.45) is 0 Å². The molecule has 1 N–H and O–H groups in total. The van der Waals surface area contributed by atoms with Gasteiger partial charge in [-0.25, -0.2) is 0 Å². The van der Waals surface area contributed by atoms with Gasteiger partial charge < -0.3 is 10.1 Å². The zero-order valence-electron chi connectivity index (χ0n) is 12.0. The normalized spacial score (nSPS) is 24.2. The van der Waals surface area contributed by atoms with E-state index in [-0.39, 0.29) is 5.41 Å². The van der Waals surface area contributed by atoms with Gasteiger partial charge in [-0.1, -0.05) is 32.9 Å². The van der Waals surface area contributed by atoms with Gasteiger partial charge in [-0.15, -0.1) is 0 Å². The van der Waals surface area contributed by atoms with E-state index < -0.39 is 0 Å². The first-order valence-electron chi connectivity index (χ1n) is 6.93. The molecule has 2 unspecified atom stereocenters. The summed E-state index contributed by atoms with van der Waals surface area (Å²) < 4.78 is 6.04. The third kappa shape index (κ3) is 3.26. The Morgan fingerprint density at radius 2 is 1.78 bits per heavy atom. The van der Waals surface area contributed by atoms with Crippen molar-refractivity contribution in [2.45, 2.75) is 57.6 Å². The second kappa shape index (κ2) is 5.31. The van der Waals surface area contributed by atoms with Crippen LogP contribution in [0.25, 0.3) is 0 Å². The summed E-state index contributed by atoms with van der Waals surface area (Å²) in [6.45, 7) is 6.70. The minimum absolute atomic E-state index is 0.211. The van der Waals surface area contributed by atoms with E-state index in [1.807, 2.05) is 7.05 Å². The van der Waals surface area contributed by atoms with E-state index in [1.165, 1.54) is 12.0 Å². The minimum Gasteiger partial charge on any atom is -0.490 e. The van der Waals surface area contributed by atoms with E-state index in [0.29, 0.717) is 12.1 Å². The van der Waals surface area contributed by atoms with E-state index in [4.69, 9.17) is 4.74 Å². The molecule has 0 spiro atoms. The van der Waals surface area contributed by atoms with Crippen molar-refractivity contribution in [2.75, 3.05) is 7.05 Å². The van der Waals surface area contributed by atoms with Crippen molar-refractivity contribution < 1.29 is 4.74 Å². The van der Waals surface area contributed by atoms with Crippen LogP contribution in [0, 0.1) is 0 Å². The van der Waals surface area contributed by atoms with Gasteiger partial charge in [0, 0.05) is 6.04 Å². The van der Waals surface area contributed by atoms with E-state index in [2.05, 4.69) is 50.4 Å². The standard InChI is InChI=1S/C16H25NO/c1-16(2,3)12-5-8-14(9-6-12)18-15-10-7-13(11-15)17-4/h5-6,8-9,13,15,17H,7,10-11H2,1-4H3. The van der Waals surface area contributed by atoms with Crippen LogP contribution in [0.5, 0.6) is 5.75 Å². The number of nitrogens with one attached hydrogen (secondary N) is 1. The molecule has 0 heterocycles. The number of hydrogen-bond donors (Lipinski definition) is 1. The second-order valence-electron chi connectivity index (χ2n) is 6.31. The lowest BCUT2D eigenvalue weighted by Gasteiger charge is -2.20. The zero-order valence-corrected chi connectivity index (χ0v) is 12.0. The first-order valence-corrected chi connectivity index (χ1v) is 6.93. The van der Waals surface area contributed by atoms with Gasteiger partial charge in [0.1, 0.15) is 11.9 Å². The number of ether oxygens (including phenoxy) is 1. The third-order valence-corrected chi connectivity index (χ3v) is 3.82. The molecule has 0 saturated heterocycles. The molecule has 2 nitrogen and oxygen atoms in total. The fraction of sp³-hybridized carbons (Fsp3) is 0.625. The van der Waals surface area contributed by atoms with Crippen molar-refractivity contribution in [3.05, 3.63) is 29.8 Å². The highest BCUT2D eigenvalue weighted by Gasteiger charge is 2.24. The zero-order chi connectivity index (χ0) is 13.2. The average molecular weight is 247 g/mol.